The van der Waals surface area contributed by atoms with E-state index in [1.165, 1.54) is 0 Å². The van der Waals surface area contributed by atoms with Crippen molar-refractivity contribution in [2.24, 2.45) is 10.9 Å². The highest BCUT2D eigenvalue weighted by Gasteiger charge is 2.07. The van der Waals surface area contributed by atoms with Gasteiger partial charge in [-0.15, -0.1) is 0 Å². The summed E-state index contributed by atoms with van der Waals surface area (Å²) in [5, 5.41) is 12.9. The molecule has 0 aliphatic carbocycles. The van der Waals surface area contributed by atoms with Crippen LogP contribution in [0.5, 0.6) is 5.75 Å². The Labute approximate surface area is 151 Å². The second-order valence-corrected chi connectivity index (χ2v) is 7.05. The maximum Gasteiger partial charge on any atom is 0.226 e. The number of halogens is 2. The first-order chi connectivity index (χ1) is 10.9. The normalized spacial score (nSPS) is 11.2. The molecular formula is C17H16Br2N2O2. The van der Waals surface area contributed by atoms with Crippen LogP contribution in [0.2, 0.25) is 0 Å². The van der Waals surface area contributed by atoms with E-state index in [2.05, 4.69) is 42.2 Å². The van der Waals surface area contributed by atoms with E-state index in [9.17, 15) is 9.90 Å². The molecule has 120 valence electrons. The van der Waals surface area contributed by atoms with Crippen LogP contribution < -0.4 is 5.32 Å². The fraction of sp³-hybridized carbons (Fsp3) is 0.176. The molecular weight excluding hydrogens is 424 g/mol. The standard InChI is InChI=1S/C17H16Br2N2O2/c1-10(2)17(23)21-14-5-3-4-13(8-14)20-9-11-6-12(18)7-15(19)16(11)22/h3-10,22H,1-2H3,(H,21,23). The molecule has 1 amide bonds. The predicted octanol–water partition coefficient (Wildman–Crippen LogP) is 5.26. The second kappa shape index (κ2) is 7.75. The maximum absolute atomic E-state index is 11.7. The van der Waals surface area contributed by atoms with Crippen molar-refractivity contribution < 1.29 is 9.90 Å². The molecule has 0 bridgehead atoms. The first-order valence-electron chi connectivity index (χ1n) is 7.00. The molecule has 6 heteroatoms. The second-order valence-electron chi connectivity index (χ2n) is 5.28. The monoisotopic (exact) mass is 438 g/mol. The molecule has 0 aliphatic heterocycles. The van der Waals surface area contributed by atoms with E-state index in [0.717, 1.165) is 4.47 Å². The molecule has 2 rings (SSSR count). The van der Waals surface area contributed by atoms with Crippen LogP contribution in [0.4, 0.5) is 11.4 Å². The minimum Gasteiger partial charge on any atom is -0.506 e. The predicted molar refractivity (Wildman–Crippen MR) is 101 cm³/mol. The average Bonchev–Trinajstić information content (AvgIpc) is 2.49. The van der Waals surface area contributed by atoms with Gasteiger partial charge in [0.15, 0.2) is 0 Å². The van der Waals surface area contributed by atoms with Gasteiger partial charge in [-0.25, -0.2) is 0 Å². The average molecular weight is 440 g/mol. The lowest BCUT2D eigenvalue weighted by molar-refractivity contribution is -0.118. The lowest BCUT2D eigenvalue weighted by Gasteiger charge is -2.08. The Hall–Kier alpha value is -1.66. The largest absolute Gasteiger partial charge is 0.506 e. The summed E-state index contributed by atoms with van der Waals surface area (Å²) in [6.07, 6.45) is 1.58. The van der Waals surface area contributed by atoms with Gasteiger partial charge in [-0.2, -0.15) is 0 Å². The molecule has 0 unspecified atom stereocenters. The van der Waals surface area contributed by atoms with Crippen LogP contribution >= 0.6 is 31.9 Å². The molecule has 2 aromatic carbocycles. The molecule has 0 fully saturated rings. The minimum absolute atomic E-state index is 0.0419. The van der Waals surface area contributed by atoms with Gasteiger partial charge in [-0.3, -0.25) is 9.79 Å². The van der Waals surface area contributed by atoms with Crippen molar-refractivity contribution in [1.82, 2.24) is 0 Å². The topological polar surface area (TPSA) is 61.7 Å². The van der Waals surface area contributed by atoms with Crippen molar-refractivity contribution in [3.05, 3.63) is 50.9 Å². The molecule has 23 heavy (non-hydrogen) atoms. The molecule has 4 nitrogen and oxygen atoms in total. The van der Waals surface area contributed by atoms with E-state index >= 15 is 0 Å². The number of amides is 1. The number of benzene rings is 2. The number of phenolic OH excluding ortho intramolecular Hbond substituents is 1. The first kappa shape index (κ1) is 17.7. The molecule has 0 saturated carbocycles. The van der Waals surface area contributed by atoms with Gasteiger partial charge < -0.3 is 10.4 Å². The molecule has 0 atom stereocenters. The summed E-state index contributed by atoms with van der Waals surface area (Å²) in [6.45, 7) is 3.68. The SMILES string of the molecule is CC(C)C(=O)Nc1cccc(N=Cc2cc(Br)cc(Br)c2O)c1. The summed E-state index contributed by atoms with van der Waals surface area (Å²) < 4.78 is 1.42. The van der Waals surface area contributed by atoms with Crippen molar-refractivity contribution in [1.29, 1.82) is 0 Å². The Morgan fingerprint density at radius 1 is 1.26 bits per heavy atom. The summed E-state index contributed by atoms with van der Waals surface area (Å²) in [6, 6.07) is 10.8. The van der Waals surface area contributed by atoms with Crippen molar-refractivity contribution in [2.45, 2.75) is 13.8 Å². The fourth-order valence-corrected chi connectivity index (χ4v) is 3.04. The van der Waals surface area contributed by atoms with E-state index in [0.29, 0.717) is 21.4 Å². The molecule has 0 aliphatic rings. The van der Waals surface area contributed by atoms with Gasteiger partial charge in [0.05, 0.1) is 10.2 Å². The van der Waals surface area contributed by atoms with Crippen LogP contribution in [0.1, 0.15) is 19.4 Å². The molecule has 0 aromatic heterocycles. The maximum atomic E-state index is 11.7. The van der Waals surface area contributed by atoms with E-state index in [1.807, 2.05) is 32.0 Å². The molecule has 0 heterocycles. The number of anilines is 1. The summed E-state index contributed by atoms with van der Waals surface area (Å²) in [5.74, 6) is -0.000895. The Morgan fingerprint density at radius 3 is 2.70 bits per heavy atom. The Balaban J connectivity index is 2.22. The van der Waals surface area contributed by atoms with E-state index in [-0.39, 0.29) is 17.6 Å². The lowest BCUT2D eigenvalue weighted by Crippen LogP contribution is -2.17. The highest BCUT2D eigenvalue weighted by atomic mass is 79.9. The zero-order chi connectivity index (χ0) is 17.0. The van der Waals surface area contributed by atoms with Crippen LogP contribution in [0.3, 0.4) is 0 Å². The zero-order valence-corrected chi connectivity index (χ0v) is 15.8. The van der Waals surface area contributed by atoms with Gasteiger partial charge in [0.25, 0.3) is 0 Å². The number of carbonyl (C=O) groups is 1. The summed E-state index contributed by atoms with van der Waals surface area (Å²) in [4.78, 5) is 16.1. The third-order valence-corrected chi connectivity index (χ3v) is 4.11. The van der Waals surface area contributed by atoms with Gasteiger partial charge in [0, 0.05) is 27.9 Å². The lowest BCUT2D eigenvalue weighted by atomic mass is 10.2. The van der Waals surface area contributed by atoms with Crippen molar-refractivity contribution >= 4 is 55.4 Å². The Morgan fingerprint density at radius 2 is 2.00 bits per heavy atom. The number of phenols is 1. The summed E-state index contributed by atoms with van der Waals surface area (Å²) >= 11 is 6.66. The third-order valence-electron chi connectivity index (χ3n) is 3.05. The van der Waals surface area contributed by atoms with Gasteiger partial charge in [-0.1, -0.05) is 35.8 Å². The Bertz CT molecular complexity index is 758. The number of nitrogens with zero attached hydrogens (tertiary/aromatic N) is 1. The number of hydrogen-bond donors (Lipinski definition) is 2. The van der Waals surface area contributed by atoms with E-state index < -0.39 is 0 Å². The van der Waals surface area contributed by atoms with E-state index in [1.54, 1.807) is 24.4 Å². The van der Waals surface area contributed by atoms with Crippen molar-refractivity contribution in [2.75, 3.05) is 5.32 Å². The highest BCUT2D eigenvalue weighted by molar-refractivity contribution is 9.11. The van der Waals surface area contributed by atoms with Gasteiger partial charge in [0.2, 0.25) is 5.91 Å². The number of rotatable bonds is 4. The van der Waals surface area contributed by atoms with Crippen molar-refractivity contribution in [3.8, 4) is 5.75 Å². The van der Waals surface area contributed by atoms with Gasteiger partial charge in [0.1, 0.15) is 5.75 Å². The van der Waals surface area contributed by atoms with E-state index in [4.69, 9.17) is 0 Å². The number of nitrogens with one attached hydrogen (secondary N) is 1. The van der Waals surface area contributed by atoms with Gasteiger partial charge in [-0.05, 0) is 46.3 Å². The van der Waals surface area contributed by atoms with Crippen LogP contribution in [-0.2, 0) is 4.79 Å². The molecule has 0 saturated heterocycles. The summed E-state index contributed by atoms with van der Waals surface area (Å²) in [5.41, 5.74) is 1.96. The highest BCUT2D eigenvalue weighted by Crippen LogP contribution is 2.31. The number of aromatic hydroxyl groups is 1. The van der Waals surface area contributed by atoms with Gasteiger partial charge >= 0.3 is 0 Å². The quantitative estimate of drug-likeness (QED) is 0.638. The van der Waals surface area contributed by atoms with Crippen LogP contribution in [0, 0.1) is 5.92 Å². The third kappa shape index (κ3) is 4.91. The smallest absolute Gasteiger partial charge is 0.226 e. The molecule has 2 aromatic rings. The van der Waals surface area contributed by atoms with Crippen LogP contribution in [-0.4, -0.2) is 17.2 Å². The van der Waals surface area contributed by atoms with Crippen LogP contribution in [0.25, 0.3) is 0 Å². The number of aliphatic imine (C=N–C) groups is 1. The summed E-state index contributed by atoms with van der Waals surface area (Å²) in [7, 11) is 0. The molecule has 0 spiro atoms. The molecule has 0 radical (unpaired) electrons. The fourth-order valence-electron chi connectivity index (χ4n) is 1.78. The first-order valence-corrected chi connectivity index (χ1v) is 8.58. The zero-order valence-electron chi connectivity index (χ0n) is 12.7. The van der Waals surface area contributed by atoms with Crippen molar-refractivity contribution in [3.63, 3.8) is 0 Å². The number of hydrogen-bond acceptors (Lipinski definition) is 3. The Kier molecular flexibility index (Phi) is 5.96. The van der Waals surface area contributed by atoms with Crippen LogP contribution in [0.15, 0.2) is 50.3 Å². The number of carbonyl (C=O) groups excluding carboxylic acids is 1. The minimum atomic E-state index is -0.0851. The molecule has 2 N–H and O–H groups in total.